The van der Waals surface area contributed by atoms with Crippen LogP contribution in [0, 0.1) is 0 Å². The summed E-state index contributed by atoms with van der Waals surface area (Å²) in [5.74, 6) is 0.202. The molecule has 0 aromatic heterocycles. The molecule has 0 saturated heterocycles. The molecule has 0 bridgehead atoms. The van der Waals surface area contributed by atoms with Crippen molar-refractivity contribution in [1.29, 1.82) is 0 Å². The van der Waals surface area contributed by atoms with E-state index in [0.717, 1.165) is 5.56 Å². The van der Waals surface area contributed by atoms with Gasteiger partial charge in [0.1, 0.15) is 5.75 Å². The van der Waals surface area contributed by atoms with E-state index in [1.54, 1.807) is 42.5 Å². The zero-order valence-corrected chi connectivity index (χ0v) is 13.1. The third-order valence-corrected chi connectivity index (χ3v) is 2.78. The van der Waals surface area contributed by atoms with Crippen LogP contribution in [0.2, 0.25) is 0 Å². The van der Waals surface area contributed by atoms with Gasteiger partial charge in [-0.25, -0.2) is 24.3 Å². The fourth-order valence-corrected chi connectivity index (χ4v) is 1.67. The van der Waals surface area contributed by atoms with Gasteiger partial charge in [0.25, 0.3) is 5.97 Å². The van der Waals surface area contributed by atoms with Crippen LogP contribution in [-0.2, 0) is 17.1 Å². The Hall–Kier alpha value is -2.35. The first-order valence-electron chi connectivity index (χ1n) is 6.62. The molecule has 0 amide bonds. The molecule has 3 rings (SSSR count). The molecule has 0 heterocycles. The minimum Gasteiger partial charge on any atom is -0.432 e. The van der Waals surface area contributed by atoms with Gasteiger partial charge >= 0.3 is 17.1 Å². The maximum Gasteiger partial charge on any atom is 2.00 e. The fourth-order valence-electron chi connectivity index (χ4n) is 1.67. The maximum atomic E-state index is 11.6. The topological polar surface area (TPSA) is 26.3 Å². The molecule has 0 N–H and O–H groups in total. The van der Waals surface area contributed by atoms with Gasteiger partial charge in [-0.05, 0) is 17.7 Å². The molecule has 0 fully saturated rings. The van der Waals surface area contributed by atoms with Crippen LogP contribution in [0.4, 0.5) is 0 Å². The Balaban J connectivity index is 0.000000344. The molecule has 0 saturated carbocycles. The number of rotatable bonds is 3. The van der Waals surface area contributed by atoms with Crippen molar-refractivity contribution in [3.8, 4) is 5.75 Å². The van der Waals surface area contributed by atoms with Crippen molar-refractivity contribution in [3.63, 3.8) is 0 Å². The van der Waals surface area contributed by atoms with Gasteiger partial charge in [-0.1, -0.05) is 30.4 Å². The molecular weight excluding hydrogens is 316 g/mol. The van der Waals surface area contributed by atoms with Crippen LogP contribution in [0.25, 0.3) is 6.08 Å². The van der Waals surface area contributed by atoms with E-state index >= 15 is 0 Å². The third kappa shape index (κ3) is 5.57. The Morgan fingerprint density at radius 3 is 2.09 bits per heavy atom. The fraction of sp³-hybridized carbons (Fsp3) is 0. The monoisotopic (exact) mass is 332 g/mol. The minimum atomic E-state index is -0.337. The minimum absolute atomic E-state index is 0. The van der Waals surface area contributed by atoms with Crippen LogP contribution >= 0.6 is 0 Å². The van der Waals surface area contributed by atoms with Gasteiger partial charge in [0.15, 0.2) is 0 Å². The van der Waals surface area contributed by atoms with Crippen molar-refractivity contribution in [2.45, 2.75) is 0 Å². The summed E-state index contributed by atoms with van der Waals surface area (Å²) in [5.41, 5.74) is 1.56. The van der Waals surface area contributed by atoms with Crippen LogP contribution in [0.5, 0.6) is 5.75 Å². The average molecular weight is 332 g/mol. The molecule has 112 valence electrons. The Labute approximate surface area is 141 Å². The van der Waals surface area contributed by atoms with E-state index in [-0.39, 0.29) is 23.0 Å². The van der Waals surface area contributed by atoms with E-state index in [1.807, 2.05) is 42.5 Å². The molecule has 0 aliphatic carbocycles. The van der Waals surface area contributed by atoms with Crippen LogP contribution in [0.1, 0.15) is 15.9 Å². The van der Waals surface area contributed by atoms with Crippen molar-refractivity contribution in [1.82, 2.24) is 0 Å². The second-order valence-electron chi connectivity index (χ2n) is 4.30. The van der Waals surface area contributed by atoms with E-state index in [2.05, 4.69) is 6.58 Å². The number of benzene rings is 1. The number of ether oxygens (including phenoxy) is 1. The van der Waals surface area contributed by atoms with Gasteiger partial charge in [-0.3, -0.25) is 4.79 Å². The van der Waals surface area contributed by atoms with Crippen molar-refractivity contribution >= 4 is 12.0 Å². The van der Waals surface area contributed by atoms with Crippen molar-refractivity contribution in [3.05, 3.63) is 96.6 Å². The summed E-state index contributed by atoms with van der Waals surface area (Å²) in [5, 5.41) is 0. The molecule has 0 aliphatic heterocycles. The van der Waals surface area contributed by atoms with E-state index in [0.29, 0.717) is 11.3 Å². The largest absolute Gasteiger partial charge is 2.00 e. The van der Waals surface area contributed by atoms with E-state index < -0.39 is 0 Å². The molecule has 3 aromatic carbocycles. The van der Waals surface area contributed by atoms with Crippen molar-refractivity contribution < 1.29 is 26.6 Å². The second kappa shape index (κ2) is 9.56. The quantitative estimate of drug-likeness (QED) is 0.301. The number of hydrogen-bond donors (Lipinski definition) is 0. The molecule has 0 radical (unpaired) electrons. The van der Waals surface area contributed by atoms with Crippen LogP contribution in [0.15, 0.2) is 85.4 Å². The van der Waals surface area contributed by atoms with Gasteiger partial charge < -0.3 is 4.74 Å². The van der Waals surface area contributed by atoms with Gasteiger partial charge in [0.05, 0.1) is 0 Å². The summed E-state index contributed by atoms with van der Waals surface area (Å²) in [6.45, 7) is 3.65. The molecule has 0 aliphatic rings. The molecule has 22 heavy (non-hydrogen) atoms. The Kier molecular flexibility index (Phi) is 7.69. The van der Waals surface area contributed by atoms with Gasteiger partial charge in [-0.2, -0.15) is 30.3 Å². The summed E-state index contributed by atoms with van der Waals surface area (Å²) in [6.07, 6.45) is 1.74. The zero-order valence-electron chi connectivity index (χ0n) is 12.0. The molecule has 0 unspecified atom stereocenters. The van der Waals surface area contributed by atoms with Gasteiger partial charge in [0.2, 0.25) is 0 Å². The third-order valence-electron chi connectivity index (χ3n) is 2.78. The first-order valence-corrected chi connectivity index (χ1v) is 6.62. The van der Waals surface area contributed by atoms with Crippen LogP contribution < -0.4 is 4.74 Å². The smallest absolute Gasteiger partial charge is 0.432 e. The predicted octanol–water partition coefficient (Wildman–Crippen LogP) is 4.67. The van der Waals surface area contributed by atoms with E-state index in [1.165, 1.54) is 0 Å². The van der Waals surface area contributed by atoms with Crippen molar-refractivity contribution in [2.24, 2.45) is 0 Å². The van der Waals surface area contributed by atoms with Crippen LogP contribution in [-0.4, -0.2) is 5.97 Å². The summed E-state index contributed by atoms with van der Waals surface area (Å²) in [7, 11) is 0. The molecule has 3 aromatic rings. The van der Waals surface area contributed by atoms with Crippen molar-refractivity contribution in [2.75, 3.05) is 0 Å². The zero-order chi connectivity index (χ0) is 14.9. The molecule has 0 spiro atoms. The summed E-state index contributed by atoms with van der Waals surface area (Å²) >= 11 is 0. The number of carbonyl (C=O) groups is 1. The number of hydrogen-bond acceptors (Lipinski definition) is 2. The Morgan fingerprint density at radius 1 is 1.05 bits per heavy atom. The van der Waals surface area contributed by atoms with E-state index in [4.69, 9.17) is 4.74 Å². The number of carbonyl (C=O) groups excluding carboxylic acids is 1. The van der Waals surface area contributed by atoms with E-state index in [9.17, 15) is 4.79 Å². The normalized spacial score (nSPS) is 8.91. The van der Waals surface area contributed by atoms with Crippen LogP contribution in [0.3, 0.4) is 0 Å². The summed E-state index contributed by atoms with van der Waals surface area (Å²) in [6, 6.07) is 24.2. The first kappa shape index (κ1) is 17.7. The SMILES string of the molecule is C=Cc1ccc(OC(=O)[c-]2cccc2)cc1.[Fe+2].c1cc[cH-]c1. The number of esters is 1. The maximum absolute atomic E-state index is 11.6. The standard InChI is InChI=1S/C14H11O2.C5H5.Fe/c1-2-11-7-9-13(10-8-11)16-14(15)12-5-3-4-6-12;1-2-4-5-3-1;/h2-10H,1H2;1-5H;/q2*-1;+2. The summed E-state index contributed by atoms with van der Waals surface area (Å²) in [4.78, 5) is 11.6. The molecule has 3 heteroatoms. The Bertz CT molecular complexity index is 633. The molecular formula is C19H16FeO2. The molecule has 0 atom stereocenters. The average Bonchev–Trinajstić information content (AvgIpc) is 3.23. The van der Waals surface area contributed by atoms with Gasteiger partial charge in [-0.15, -0.1) is 0 Å². The predicted molar refractivity (Wildman–Crippen MR) is 85.6 cm³/mol. The molecule has 2 nitrogen and oxygen atoms in total. The second-order valence-corrected chi connectivity index (χ2v) is 4.30. The first-order chi connectivity index (χ1) is 10.3. The van der Waals surface area contributed by atoms with Gasteiger partial charge in [0, 0.05) is 0 Å². The summed E-state index contributed by atoms with van der Waals surface area (Å²) < 4.78 is 5.19. The Morgan fingerprint density at radius 2 is 1.64 bits per heavy atom.